The lowest BCUT2D eigenvalue weighted by molar-refractivity contribution is 0.700. The Morgan fingerprint density at radius 2 is 2.00 bits per heavy atom. The Balaban J connectivity index is 1.86. The summed E-state index contributed by atoms with van der Waals surface area (Å²) in [4.78, 5) is 28.4. The molecule has 0 unspecified atom stereocenters. The third kappa shape index (κ3) is 1.69. The Labute approximate surface area is 146 Å². The number of nitrogens with one attached hydrogen (secondary N) is 1. The maximum Gasteiger partial charge on any atom is 0.203 e. The lowest BCUT2D eigenvalue weighted by Crippen LogP contribution is -2.09. The van der Waals surface area contributed by atoms with E-state index in [9.17, 15) is 4.79 Å². The van der Waals surface area contributed by atoms with Crippen LogP contribution < -0.4 is 5.43 Å². The average Bonchev–Trinajstić information content (AvgIpc) is 3.19. The van der Waals surface area contributed by atoms with Crippen molar-refractivity contribution in [1.82, 2.24) is 19.4 Å². The van der Waals surface area contributed by atoms with Gasteiger partial charge in [-0.3, -0.25) is 9.20 Å². The second-order valence-electron chi connectivity index (χ2n) is 6.63. The number of aromatic amines is 1. The maximum absolute atomic E-state index is 13.4. The summed E-state index contributed by atoms with van der Waals surface area (Å²) in [5, 5.41) is 1.45. The number of H-pyrrole nitrogens is 1. The minimum atomic E-state index is 0.0663. The number of pyridine rings is 1. The number of benzene rings is 1. The van der Waals surface area contributed by atoms with Crippen LogP contribution in [0.1, 0.15) is 23.3 Å². The Kier molecular flexibility index (Phi) is 2.53. The highest BCUT2D eigenvalue weighted by molar-refractivity contribution is 7.18. The van der Waals surface area contributed by atoms with Crippen molar-refractivity contribution < 1.29 is 0 Å². The van der Waals surface area contributed by atoms with Crippen LogP contribution in [0.15, 0.2) is 35.4 Å². The average molecular weight is 346 g/mol. The van der Waals surface area contributed by atoms with Gasteiger partial charge in [-0.25, -0.2) is 9.97 Å². The quantitative estimate of drug-likeness (QED) is 0.464. The standard InChI is InChI=1S/C19H14N4OS/c24-16-14-10-5-1-4-8-13(10)25-19(14)22-17-15(16)18-21-11-6-2-3-7-12(11)23(18)9-20-17/h2-3,6-7,9H,1,4-5,8H2,(H,22,24). The van der Waals surface area contributed by atoms with E-state index in [1.165, 1.54) is 16.9 Å². The molecule has 0 saturated carbocycles. The first-order valence-corrected chi connectivity index (χ1v) is 9.35. The molecule has 1 aliphatic carbocycles. The Bertz CT molecular complexity index is 1380. The highest BCUT2D eigenvalue weighted by Gasteiger charge is 2.21. The van der Waals surface area contributed by atoms with E-state index in [-0.39, 0.29) is 5.43 Å². The SMILES string of the molecule is O=c1c2c3c(sc2[nH]c2ncn4c5ccccc5nc4c12)CCCC3. The number of aromatic nitrogens is 4. The van der Waals surface area contributed by atoms with Crippen LogP contribution in [0.3, 0.4) is 0 Å². The largest absolute Gasteiger partial charge is 0.331 e. The van der Waals surface area contributed by atoms with Gasteiger partial charge in [0.05, 0.1) is 16.4 Å². The smallest absolute Gasteiger partial charge is 0.203 e. The number of nitrogens with zero attached hydrogens (tertiary/aromatic N) is 3. The van der Waals surface area contributed by atoms with Crippen molar-refractivity contribution in [3.8, 4) is 0 Å². The van der Waals surface area contributed by atoms with Crippen molar-refractivity contribution in [2.24, 2.45) is 0 Å². The molecule has 0 bridgehead atoms. The first-order chi connectivity index (χ1) is 12.3. The summed E-state index contributed by atoms with van der Waals surface area (Å²) in [6.07, 6.45) is 6.20. The van der Waals surface area contributed by atoms with Gasteiger partial charge >= 0.3 is 0 Å². The summed E-state index contributed by atoms with van der Waals surface area (Å²) in [6.45, 7) is 0. The monoisotopic (exact) mass is 346 g/mol. The molecule has 0 fully saturated rings. The summed E-state index contributed by atoms with van der Waals surface area (Å²) in [7, 11) is 0. The van der Waals surface area contributed by atoms with Crippen molar-refractivity contribution in [2.75, 3.05) is 0 Å². The highest BCUT2D eigenvalue weighted by atomic mass is 32.1. The van der Waals surface area contributed by atoms with Gasteiger partial charge in [0.2, 0.25) is 5.43 Å². The summed E-state index contributed by atoms with van der Waals surface area (Å²) in [6, 6.07) is 7.90. The summed E-state index contributed by atoms with van der Waals surface area (Å²) in [5.41, 5.74) is 4.47. The Morgan fingerprint density at radius 3 is 2.96 bits per heavy atom. The fourth-order valence-corrected chi connectivity index (χ4v) is 5.34. The minimum Gasteiger partial charge on any atom is -0.331 e. The van der Waals surface area contributed by atoms with Gasteiger partial charge in [-0.1, -0.05) is 12.1 Å². The summed E-state index contributed by atoms with van der Waals surface area (Å²) in [5.74, 6) is 0. The first-order valence-electron chi connectivity index (χ1n) is 8.53. The molecule has 4 heterocycles. The van der Waals surface area contributed by atoms with Gasteiger partial charge in [0.15, 0.2) is 5.65 Å². The molecule has 5 aromatic rings. The molecule has 0 atom stereocenters. The molecular formula is C19H14N4OS. The van der Waals surface area contributed by atoms with Crippen LogP contribution in [0.4, 0.5) is 0 Å². The number of para-hydroxylation sites is 2. The molecule has 0 spiro atoms. The molecule has 1 N–H and O–H groups in total. The van der Waals surface area contributed by atoms with Crippen LogP contribution in [0, 0.1) is 0 Å². The lowest BCUT2D eigenvalue weighted by Gasteiger charge is -2.09. The fraction of sp³-hybridized carbons (Fsp3) is 0.211. The van der Waals surface area contributed by atoms with Crippen LogP contribution in [-0.4, -0.2) is 19.4 Å². The van der Waals surface area contributed by atoms with Crippen molar-refractivity contribution in [3.05, 3.63) is 51.3 Å². The van der Waals surface area contributed by atoms with Crippen molar-refractivity contribution in [3.63, 3.8) is 0 Å². The van der Waals surface area contributed by atoms with E-state index in [0.717, 1.165) is 40.5 Å². The zero-order chi connectivity index (χ0) is 16.5. The van der Waals surface area contributed by atoms with Crippen molar-refractivity contribution in [2.45, 2.75) is 25.7 Å². The van der Waals surface area contributed by atoms with E-state index in [4.69, 9.17) is 4.98 Å². The van der Waals surface area contributed by atoms with E-state index in [2.05, 4.69) is 9.97 Å². The van der Waals surface area contributed by atoms with Gasteiger partial charge in [-0.05, 0) is 43.4 Å². The van der Waals surface area contributed by atoms with Crippen LogP contribution in [0.5, 0.6) is 0 Å². The predicted molar refractivity (Wildman–Crippen MR) is 101 cm³/mol. The van der Waals surface area contributed by atoms with E-state index in [1.807, 2.05) is 28.7 Å². The third-order valence-electron chi connectivity index (χ3n) is 5.22. The van der Waals surface area contributed by atoms with Gasteiger partial charge in [-0.2, -0.15) is 0 Å². The maximum atomic E-state index is 13.4. The summed E-state index contributed by atoms with van der Waals surface area (Å²) >= 11 is 1.72. The Morgan fingerprint density at radius 1 is 1.12 bits per heavy atom. The molecule has 1 aliphatic rings. The van der Waals surface area contributed by atoms with Crippen LogP contribution >= 0.6 is 11.3 Å². The molecule has 6 rings (SSSR count). The molecular weight excluding hydrogens is 332 g/mol. The predicted octanol–water partition coefficient (Wildman–Crippen LogP) is 3.82. The van der Waals surface area contributed by atoms with Crippen LogP contribution in [0.2, 0.25) is 0 Å². The number of rotatable bonds is 0. The fourth-order valence-electron chi connectivity index (χ4n) is 4.05. The minimum absolute atomic E-state index is 0.0663. The highest BCUT2D eigenvalue weighted by Crippen LogP contribution is 2.35. The zero-order valence-electron chi connectivity index (χ0n) is 13.4. The van der Waals surface area contributed by atoms with Gasteiger partial charge in [0.1, 0.15) is 22.2 Å². The second-order valence-corrected chi connectivity index (χ2v) is 7.74. The number of imidazole rings is 1. The molecule has 122 valence electrons. The van der Waals surface area contributed by atoms with Crippen LogP contribution in [0.25, 0.3) is 37.9 Å². The molecule has 5 nitrogen and oxygen atoms in total. The second kappa shape index (κ2) is 4.67. The van der Waals surface area contributed by atoms with Gasteiger partial charge in [-0.15, -0.1) is 11.3 Å². The molecule has 25 heavy (non-hydrogen) atoms. The molecule has 4 aromatic heterocycles. The van der Waals surface area contributed by atoms with E-state index < -0.39 is 0 Å². The molecule has 0 amide bonds. The Hall–Kier alpha value is -2.73. The number of hydrogen-bond acceptors (Lipinski definition) is 4. The van der Waals surface area contributed by atoms with E-state index in [1.54, 1.807) is 17.7 Å². The lowest BCUT2D eigenvalue weighted by atomic mass is 9.96. The molecule has 0 saturated heterocycles. The first kappa shape index (κ1) is 13.5. The van der Waals surface area contributed by atoms with Crippen LogP contribution in [-0.2, 0) is 12.8 Å². The van der Waals surface area contributed by atoms with Crippen molar-refractivity contribution in [1.29, 1.82) is 0 Å². The van der Waals surface area contributed by atoms with E-state index in [0.29, 0.717) is 16.7 Å². The number of thiophene rings is 1. The topological polar surface area (TPSA) is 63.0 Å². The zero-order valence-corrected chi connectivity index (χ0v) is 14.2. The molecule has 6 heteroatoms. The van der Waals surface area contributed by atoms with E-state index >= 15 is 0 Å². The number of aryl methyl sites for hydroxylation is 2. The molecule has 0 radical (unpaired) electrons. The third-order valence-corrected chi connectivity index (χ3v) is 6.42. The number of hydrogen-bond donors (Lipinski definition) is 1. The number of fused-ring (bicyclic) bond motifs is 8. The van der Waals surface area contributed by atoms with Gasteiger partial charge < -0.3 is 4.98 Å². The molecule has 0 aliphatic heterocycles. The van der Waals surface area contributed by atoms with Gasteiger partial charge in [0, 0.05) is 4.88 Å². The van der Waals surface area contributed by atoms with Crippen molar-refractivity contribution >= 4 is 49.3 Å². The molecule has 1 aromatic carbocycles. The van der Waals surface area contributed by atoms with Gasteiger partial charge in [0.25, 0.3) is 0 Å². The summed E-state index contributed by atoms with van der Waals surface area (Å²) < 4.78 is 1.91. The normalized spacial score (nSPS) is 14.7.